The van der Waals surface area contributed by atoms with Crippen LogP contribution >= 0.6 is 0 Å². The third-order valence-corrected chi connectivity index (χ3v) is 3.89. The molecule has 1 aromatic carbocycles. The molecule has 1 amide bonds. The number of hydrogen-bond acceptors (Lipinski definition) is 2. The molecule has 1 aliphatic rings. The highest BCUT2D eigenvalue weighted by molar-refractivity contribution is 5.78. The molecule has 0 aromatic heterocycles. The molecule has 0 spiro atoms. The van der Waals surface area contributed by atoms with E-state index in [0.717, 1.165) is 6.54 Å². The highest BCUT2D eigenvalue weighted by atomic mass is 16.2. The Balaban J connectivity index is 1.94. The third kappa shape index (κ3) is 5.16. The quantitative estimate of drug-likeness (QED) is 0.835. The first-order chi connectivity index (χ1) is 9.95. The van der Waals surface area contributed by atoms with Crippen LogP contribution in [0.4, 0.5) is 0 Å². The van der Waals surface area contributed by atoms with Crippen LogP contribution in [0.25, 0.3) is 0 Å². The minimum absolute atomic E-state index is 0.135. The van der Waals surface area contributed by atoms with Crippen LogP contribution in [-0.2, 0) is 11.3 Å². The first-order valence-corrected chi connectivity index (χ1v) is 8.08. The molecule has 0 unspecified atom stereocenters. The molecule has 0 aliphatic heterocycles. The molecular formula is C18H28N2O. The summed E-state index contributed by atoms with van der Waals surface area (Å²) in [4.78, 5) is 14.3. The Kier molecular flexibility index (Phi) is 5.40. The summed E-state index contributed by atoms with van der Waals surface area (Å²) in [6.07, 6.45) is 2.44. The van der Waals surface area contributed by atoms with Gasteiger partial charge in [-0.25, -0.2) is 0 Å². The van der Waals surface area contributed by atoms with Crippen LogP contribution in [0.3, 0.4) is 0 Å². The van der Waals surface area contributed by atoms with E-state index in [2.05, 4.69) is 48.3 Å². The van der Waals surface area contributed by atoms with E-state index in [9.17, 15) is 4.79 Å². The Hall–Kier alpha value is -1.35. The molecule has 0 heterocycles. The lowest BCUT2D eigenvalue weighted by molar-refractivity contribution is -0.123. The van der Waals surface area contributed by atoms with Crippen molar-refractivity contribution in [2.24, 2.45) is 0 Å². The summed E-state index contributed by atoms with van der Waals surface area (Å²) in [6.45, 7) is 9.81. The van der Waals surface area contributed by atoms with E-state index >= 15 is 0 Å². The van der Waals surface area contributed by atoms with Gasteiger partial charge in [0, 0.05) is 18.6 Å². The molecule has 0 saturated heterocycles. The van der Waals surface area contributed by atoms with Crippen molar-refractivity contribution in [2.75, 3.05) is 6.54 Å². The Morgan fingerprint density at radius 3 is 2.29 bits per heavy atom. The molecule has 1 N–H and O–H groups in total. The van der Waals surface area contributed by atoms with E-state index in [1.165, 1.54) is 24.0 Å². The SMILES string of the molecule is CC(C)NC(=O)CN(Cc1ccc(C(C)C)cc1)C1CC1. The number of amides is 1. The standard InChI is InChI=1S/C18H28N2O/c1-13(2)16-7-5-15(6-8-16)11-20(17-9-10-17)12-18(21)19-14(3)4/h5-8,13-14,17H,9-12H2,1-4H3,(H,19,21). The number of rotatable bonds is 7. The maximum atomic E-state index is 12.0. The van der Waals surface area contributed by atoms with Crippen molar-refractivity contribution in [2.45, 2.75) is 65.1 Å². The van der Waals surface area contributed by atoms with Crippen LogP contribution in [-0.4, -0.2) is 29.4 Å². The van der Waals surface area contributed by atoms with Gasteiger partial charge in [0.25, 0.3) is 0 Å². The van der Waals surface area contributed by atoms with Crippen LogP contribution < -0.4 is 5.32 Å². The molecule has 21 heavy (non-hydrogen) atoms. The topological polar surface area (TPSA) is 32.3 Å². The fourth-order valence-electron chi connectivity index (χ4n) is 2.55. The van der Waals surface area contributed by atoms with Gasteiger partial charge in [0.1, 0.15) is 0 Å². The zero-order valence-corrected chi connectivity index (χ0v) is 13.7. The smallest absolute Gasteiger partial charge is 0.234 e. The molecule has 0 radical (unpaired) electrons. The lowest BCUT2D eigenvalue weighted by Crippen LogP contribution is -2.40. The van der Waals surface area contributed by atoms with Crippen molar-refractivity contribution in [3.8, 4) is 0 Å². The van der Waals surface area contributed by atoms with Crippen molar-refractivity contribution < 1.29 is 4.79 Å². The van der Waals surface area contributed by atoms with Gasteiger partial charge in [-0.15, -0.1) is 0 Å². The number of benzene rings is 1. The summed E-state index contributed by atoms with van der Waals surface area (Å²) in [5.74, 6) is 0.700. The molecule has 3 heteroatoms. The monoisotopic (exact) mass is 288 g/mol. The Bertz CT molecular complexity index is 461. The van der Waals surface area contributed by atoms with Gasteiger partial charge in [0.15, 0.2) is 0 Å². The average molecular weight is 288 g/mol. The second-order valence-electron chi connectivity index (χ2n) is 6.75. The van der Waals surface area contributed by atoms with Crippen molar-refractivity contribution in [3.05, 3.63) is 35.4 Å². The van der Waals surface area contributed by atoms with Crippen LogP contribution in [0.2, 0.25) is 0 Å². The first kappa shape index (κ1) is 16.0. The number of hydrogen-bond donors (Lipinski definition) is 1. The molecule has 1 fully saturated rings. The van der Waals surface area contributed by atoms with Gasteiger partial charge in [0.05, 0.1) is 6.54 Å². The van der Waals surface area contributed by atoms with Gasteiger partial charge in [-0.3, -0.25) is 9.69 Å². The number of carbonyl (C=O) groups is 1. The average Bonchev–Trinajstić information content (AvgIpc) is 3.21. The van der Waals surface area contributed by atoms with Gasteiger partial charge in [-0.2, -0.15) is 0 Å². The summed E-state index contributed by atoms with van der Waals surface area (Å²) in [5, 5.41) is 2.99. The number of nitrogens with one attached hydrogen (secondary N) is 1. The summed E-state index contributed by atoms with van der Waals surface area (Å²) >= 11 is 0. The largest absolute Gasteiger partial charge is 0.353 e. The lowest BCUT2D eigenvalue weighted by atomic mass is 10.0. The van der Waals surface area contributed by atoms with Gasteiger partial charge >= 0.3 is 0 Å². The van der Waals surface area contributed by atoms with E-state index in [1.807, 2.05) is 13.8 Å². The van der Waals surface area contributed by atoms with E-state index in [4.69, 9.17) is 0 Å². The molecule has 1 aromatic rings. The number of nitrogens with zero attached hydrogens (tertiary/aromatic N) is 1. The highest BCUT2D eigenvalue weighted by Gasteiger charge is 2.30. The molecule has 2 rings (SSSR count). The maximum Gasteiger partial charge on any atom is 0.234 e. The van der Waals surface area contributed by atoms with Crippen LogP contribution in [0, 0.1) is 0 Å². The van der Waals surface area contributed by atoms with Crippen molar-refractivity contribution in [3.63, 3.8) is 0 Å². The summed E-state index contributed by atoms with van der Waals surface area (Å²) in [5.41, 5.74) is 2.66. The fourth-order valence-corrected chi connectivity index (χ4v) is 2.55. The molecule has 0 atom stereocenters. The summed E-state index contributed by atoms with van der Waals surface area (Å²) in [6, 6.07) is 9.62. The van der Waals surface area contributed by atoms with Crippen LogP contribution in [0.1, 0.15) is 57.6 Å². The van der Waals surface area contributed by atoms with E-state index in [-0.39, 0.29) is 11.9 Å². The lowest BCUT2D eigenvalue weighted by Gasteiger charge is -2.22. The normalized spacial score (nSPS) is 15.0. The van der Waals surface area contributed by atoms with Gasteiger partial charge < -0.3 is 5.32 Å². The predicted molar refractivity (Wildman–Crippen MR) is 87.2 cm³/mol. The third-order valence-electron chi connectivity index (χ3n) is 3.89. The Morgan fingerprint density at radius 2 is 1.81 bits per heavy atom. The van der Waals surface area contributed by atoms with Crippen LogP contribution in [0.5, 0.6) is 0 Å². The van der Waals surface area contributed by atoms with Crippen LogP contribution in [0.15, 0.2) is 24.3 Å². The van der Waals surface area contributed by atoms with Crippen molar-refractivity contribution in [1.82, 2.24) is 10.2 Å². The van der Waals surface area contributed by atoms with Crippen molar-refractivity contribution in [1.29, 1.82) is 0 Å². The molecule has 1 aliphatic carbocycles. The van der Waals surface area contributed by atoms with E-state index in [1.54, 1.807) is 0 Å². The van der Waals surface area contributed by atoms with Gasteiger partial charge in [-0.05, 0) is 43.7 Å². The maximum absolute atomic E-state index is 12.0. The summed E-state index contributed by atoms with van der Waals surface area (Å²) in [7, 11) is 0. The van der Waals surface area contributed by atoms with E-state index in [0.29, 0.717) is 18.5 Å². The van der Waals surface area contributed by atoms with Gasteiger partial charge in [0.2, 0.25) is 5.91 Å². The Labute approximate surface area is 128 Å². The Morgan fingerprint density at radius 1 is 1.19 bits per heavy atom. The van der Waals surface area contributed by atoms with E-state index < -0.39 is 0 Å². The minimum atomic E-state index is 0.135. The zero-order chi connectivity index (χ0) is 15.4. The van der Waals surface area contributed by atoms with Crippen molar-refractivity contribution >= 4 is 5.91 Å². The fraction of sp³-hybridized carbons (Fsp3) is 0.611. The number of carbonyl (C=O) groups excluding carboxylic acids is 1. The zero-order valence-electron chi connectivity index (χ0n) is 13.7. The minimum Gasteiger partial charge on any atom is -0.353 e. The molecule has 1 saturated carbocycles. The second kappa shape index (κ2) is 7.08. The summed E-state index contributed by atoms with van der Waals surface area (Å²) < 4.78 is 0. The van der Waals surface area contributed by atoms with Gasteiger partial charge in [-0.1, -0.05) is 38.1 Å². The molecule has 0 bridgehead atoms. The predicted octanol–water partition coefficient (Wildman–Crippen LogP) is 3.30. The molecular weight excluding hydrogens is 260 g/mol. The first-order valence-electron chi connectivity index (χ1n) is 8.08. The molecule has 116 valence electrons. The second-order valence-corrected chi connectivity index (χ2v) is 6.75. The highest BCUT2D eigenvalue weighted by Crippen LogP contribution is 2.28. The molecule has 3 nitrogen and oxygen atoms in total.